The van der Waals surface area contributed by atoms with Gasteiger partial charge >= 0.3 is 0 Å². The molecule has 9 unspecified atom stereocenters. The Labute approximate surface area is 192 Å². The van der Waals surface area contributed by atoms with E-state index in [1.807, 2.05) is 0 Å². The van der Waals surface area contributed by atoms with Crippen molar-refractivity contribution in [3.05, 3.63) is 10.1 Å². The Bertz CT molecular complexity index is 775. The Morgan fingerprint density at radius 1 is 0.969 bits per heavy atom. The third kappa shape index (κ3) is 3.09. The van der Waals surface area contributed by atoms with Gasteiger partial charge in [0, 0.05) is 5.92 Å². The summed E-state index contributed by atoms with van der Waals surface area (Å²) in [6, 6.07) is 0. The third-order valence-corrected chi connectivity index (χ3v) is 11.2. The summed E-state index contributed by atoms with van der Waals surface area (Å²) in [6.45, 7) is 11.8. The molecule has 32 heavy (non-hydrogen) atoms. The van der Waals surface area contributed by atoms with Crippen molar-refractivity contribution in [1.82, 2.24) is 5.06 Å². The second-order valence-electron chi connectivity index (χ2n) is 13.0. The van der Waals surface area contributed by atoms with Crippen molar-refractivity contribution < 1.29 is 19.9 Å². The highest BCUT2D eigenvalue weighted by molar-refractivity contribution is 5.12. The van der Waals surface area contributed by atoms with Gasteiger partial charge in [0.2, 0.25) is 0 Å². The molecular weight excluding hydrogens is 408 g/mol. The molecule has 1 saturated heterocycles. The van der Waals surface area contributed by atoms with Gasteiger partial charge in [-0.3, -0.25) is 0 Å². The van der Waals surface area contributed by atoms with Gasteiger partial charge in [0.25, 0.3) is 5.09 Å². The van der Waals surface area contributed by atoms with Crippen molar-refractivity contribution in [2.45, 2.75) is 110 Å². The minimum atomic E-state index is -0.612. The number of fused-ring (bicyclic) bond motifs is 5. The first kappa shape index (κ1) is 22.9. The lowest BCUT2D eigenvalue weighted by molar-refractivity contribution is -0.770. The molecule has 0 aromatic heterocycles. The fourth-order valence-electron chi connectivity index (χ4n) is 9.61. The van der Waals surface area contributed by atoms with E-state index in [9.17, 15) is 15.3 Å². The van der Waals surface area contributed by atoms with E-state index in [4.69, 9.17) is 9.57 Å². The first-order valence-corrected chi connectivity index (χ1v) is 12.9. The molecule has 7 nitrogen and oxygen atoms in total. The van der Waals surface area contributed by atoms with E-state index in [2.05, 4.69) is 34.6 Å². The van der Waals surface area contributed by atoms with Gasteiger partial charge in [0.05, 0.1) is 12.1 Å². The second-order valence-corrected chi connectivity index (χ2v) is 13.0. The molecule has 4 aliphatic carbocycles. The van der Waals surface area contributed by atoms with Crippen LogP contribution >= 0.6 is 0 Å². The van der Waals surface area contributed by atoms with Crippen LogP contribution in [0.5, 0.6) is 0 Å². The summed E-state index contributed by atoms with van der Waals surface area (Å²) in [5.74, 6) is 2.97. The summed E-state index contributed by atoms with van der Waals surface area (Å²) < 4.78 is 6.36. The zero-order valence-corrected chi connectivity index (χ0v) is 20.5. The molecule has 0 bridgehead atoms. The third-order valence-electron chi connectivity index (χ3n) is 11.2. The summed E-state index contributed by atoms with van der Waals surface area (Å²) in [5, 5.41) is 22.9. The fraction of sp³-hybridized carbons (Fsp3) is 1.00. The van der Waals surface area contributed by atoms with Gasteiger partial charge in [0.15, 0.2) is 0 Å². The molecule has 182 valence electrons. The molecule has 1 N–H and O–H groups in total. The molecule has 0 amide bonds. The van der Waals surface area contributed by atoms with Crippen molar-refractivity contribution >= 4 is 0 Å². The Morgan fingerprint density at radius 2 is 1.66 bits per heavy atom. The molecule has 0 aromatic carbocycles. The Balaban J connectivity index is 1.36. The summed E-state index contributed by atoms with van der Waals surface area (Å²) in [6.07, 6.45) is 9.63. The SMILES string of the molecule is CC12CCC(O[N+](=O)[O-])CC1CCC1C2CCC2(C)C1CCC2C1(C)OCC(C)(C)N1O. The quantitative estimate of drug-likeness (QED) is 0.455. The van der Waals surface area contributed by atoms with Crippen LogP contribution in [0.1, 0.15) is 92.4 Å². The molecular formula is C25H42N2O5. The standard InChI is InChI=1S/C25H42N2O5/c1-22(2)15-31-25(5,26(22)28)21-9-8-19-18-7-6-16-14-17(32-27(29)30)10-12-23(16,3)20(18)11-13-24(19,21)4/h16-21,28H,6-15H2,1-5H3. The maximum absolute atomic E-state index is 11.1. The predicted molar refractivity (Wildman–Crippen MR) is 119 cm³/mol. The zero-order valence-electron chi connectivity index (χ0n) is 20.5. The van der Waals surface area contributed by atoms with Crippen LogP contribution in [0.2, 0.25) is 0 Å². The number of nitrogens with zero attached hydrogens (tertiary/aromatic N) is 2. The van der Waals surface area contributed by atoms with Crippen LogP contribution in [-0.2, 0) is 9.57 Å². The minimum Gasteiger partial charge on any atom is -0.356 e. The van der Waals surface area contributed by atoms with Crippen molar-refractivity contribution in [3.8, 4) is 0 Å². The van der Waals surface area contributed by atoms with Crippen molar-refractivity contribution in [2.24, 2.45) is 40.4 Å². The summed E-state index contributed by atoms with van der Waals surface area (Å²) in [7, 11) is 0. The molecule has 7 heteroatoms. The van der Waals surface area contributed by atoms with Crippen LogP contribution in [0.3, 0.4) is 0 Å². The largest absolute Gasteiger partial charge is 0.356 e. The van der Waals surface area contributed by atoms with Gasteiger partial charge in [-0.25, -0.2) is 0 Å². The molecule has 1 heterocycles. The molecule has 4 saturated carbocycles. The number of ether oxygens (including phenoxy) is 1. The minimum absolute atomic E-state index is 0.187. The number of hydrogen-bond acceptors (Lipinski definition) is 6. The number of hydrogen-bond donors (Lipinski definition) is 1. The van der Waals surface area contributed by atoms with Crippen LogP contribution in [0.15, 0.2) is 0 Å². The van der Waals surface area contributed by atoms with Crippen molar-refractivity contribution in [2.75, 3.05) is 6.61 Å². The fourth-order valence-corrected chi connectivity index (χ4v) is 9.61. The van der Waals surface area contributed by atoms with Crippen LogP contribution in [0.25, 0.3) is 0 Å². The maximum atomic E-state index is 11.1. The molecule has 5 fully saturated rings. The lowest BCUT2D eigenvalue weighted by Crippen LogP contribution is -2.59. The highest BCUT2D eigenvalue weighted by Crippen LogP contribution is 2.69. The maximum Gasteiger partial charge on any atom is 0.294 e. The Morgan fingerprint density at radius 3 is 2.31 bits per heavy atom. The van der Waals surface area contributed by atoms with Gasteiger partial charge < -0.3 is 14.8 Å². The Hall–Kier alpha value is -0.920. The topological polar surface area (TPSA) is 85.1 Å². The number of rotatable bonds is 3. The average Bonchev–Trinajstić information content (AvgIpc) is 3.18. The van der Waals surface area contributed by atoms with Gasteiger partial charge in [-0.1, -0.05) is 13.8 Å². The summed E-state index contributed by atoms with van der Waals surface area (Å²) in [5.41, 5.74) is -0.501. The second kappa shape index (κ2) is 7.29. The Kier molecular flexibility index (Phi) is 5.20. The number of hydroxylamine groups is 2. The van der Waals surface area contributed by atoms with E-state index in [0.29, 0.717) is 30.3 Å². The highest BCUT2D eigenvalue weighted by atomic mass is 17.0. The normalized spacial score (nSPS) is 52.7. The predicted octanol–water partition coefficient (Wildman–Crippen LogP) is 5.44. The van der Waals surface area contributed by atoms with Crippen molar-refractivity contribution in [3.63, 3.8) is 0 Å². The zero-order chi connectivity index (χ0) is 23.1. The van der Waals surface area contributed by atoms with Crippen LogP contribution < -0.4 is 0 Å². The molecule has 0 spiro atoms. The van der Waals surface area contributed by atoms with Crippen LogP contribution in [0, 0.1) is 50.5 Å². The summed E-state index contributed by atoms with van der Waals surface area (Å²) in [4.78, 5) is 15.9. The van der Waals surface area contributed by atoms with Gasteiger partial charge in [-0.15, -0.1) is 10.1 Å². The molecule has 5 rings (SSSR count). The lowest BCUT2D eigenvalue weighted by Gasteiger charge is -2.61. The molecule has 0 radical (unpaired) electrons. The van der Waals surface area contributed by atoms with Gasteiger partial charge in [0.1, 0.15) is 11.8 Å². The smallest absolute Gasteiger partial charge is 0.294 e. The molecule has 1 aliphatic heterocycles. The average molecular weight is 451 g/mol. The van der Waals surface area contributed by atoms with Crippen molar-refractivity contribution in [1.29, 1.82) is 0 Å². The monoisotopic (exact) mass is 450 g/mol. The van der Waals surface area contributed by atoms with E-state index in [-0.39, 0.29) is 22.5 Å². The van der Waals surface area contributed by atoms with E-state index in [1.54, 1.807) is 0 Å². The first-order valence-electron chi connectivity index (χ1n) is 12.9. The van der Waals surface area contributed by atoms with Gasteiger partial charge in [-0.05, 0) is 113 Å². The van der Waals surface area contributed by atoms with E-state index >= 15 is 0 Å². The molecule has 0 aromatic rings. The lowest BCUT2D eigenvalue weighted by atomic mass is 9.44. The van der Waals surface area contributed by atoms with Gasteiger partial charge in [-0.2, -0.15) is 5.06 Å². The van der Waals surface area contributed by atoms with Crippen LogP contribution in [-0.4, -0.2) is 39.3 Å². The van der Waals surface area contributed by atoms with E-state index in [0.717, 1.165) is 31.6 Å². The highest BCUT2D eigenvalue weighted by Gasteiger charge is 2.66. The first-order chi connectivity index (χ1) is 14.9. The molecule has 9 atom stereocenters. The van der Waals surface area contributed by atoms with E-state index in [1.165, 1.54) is 37.2 Å². The molecule has 5 aliphatic rings. The summed E-state index contributed by atoms with van der Waals surface area (Å²) >= 11 is 0. The van der Waals surface area contributed by atoms with E-state index < -0.39 is 10.8 Å². The van der Waals surface area contributed by atoms with Crippen LogP contribution in [0.4, 0.5) is 0 Å².